The highest BCUT2D eigenvalue weighted by Gasteiger charge is 2.27. The van der Waals surface area contributed by atoms with Gasteiger partial charge in [0.2, 0.25) is 0 Å². The van der Waals surface area contributed by atoms with Gasteiger partial charge in [0.15, 0.2) is 6.04 Å². The molecule has 0 aliphatic heterocycles. The standard InChI is InChI=1S/C28H28N6O3/c1-3-34(4-2)21-16-14-19(15-17-21)18-29-32-28(37)25(30-26(35)20-10-6-5-7-11-20)24-22-12-8-9-13-23(22)27(36)33-31-24/h5-18,25H,3-4H2,1-2H3,(H,30,35)(H,32,37)(H,33,36)/t25-/m1/s1. The Balaban J connectivity index is 1.59. The van der Waals surface area contributed by atoms with E-state index in [1.165, 1.54) is 6.21 Å². The van der Waals surface area contributed by atoms with Gasteiger partial charge in [0.25, 0.3) is 17.4 Å². The Bertz CT molecular complexity index is 1460. The minimum atomic E-state index is -1.21. The summed E-state index contributed by atoms with van der Waals surface area (Å²) in [6, 6.07) is 21.9. The molecule has 1 heterocycles. The SMILES string of the molecule is CCN(CC)c1ccc(C=NNC(=O)[C@H](NC(=O)c2ccccc2)c2n[nH]c(=O)c3ccccc23)cc1. The van der Waals surface area contributed by atoms with Crippen LogP contribution < -0.4 is 21.2 Å². The Labute approximate surface area is 214 Å². The minimum Gasteiger partial charge on any atom is -0.372 e. The lowest BCUT2D eigenvalue weighted by atomic mass is 10.0. The van der Waals surface area contributed by atoms with E-state index >= 15 is 0 Å². The molecule has 2 amide bonds. The van der Waals surface area contributed by atoms with Gasteiger partial charge < -0.3 is 10.2 Å². The van der Waals surface area contributed by atoms with Gasteiger partial charge in [-0.05, 0) is 49.7 Å². The number of H-pyrrole nitrogens is 1. The molecule has 0 saturated carbocycles. The van der Waals surface area contributed by atoms with E-state index in [4.69, 9.17) is 0 Å². The molecule has 9 heteroatoms. The van der Waals surface area contributed by atoms with Gasteiger partial charge in [-0.25, -0.2) is 10.5 Å². The number of aromatic nitrogens is 2. The lowest BCUT2D eigenvalue weighted by molar-refractivity contribution is -0.123. The summed E-state index contributed by atoms with van der Waals surface area (Å²) in [6.45, 7) is 6.01. The number of fused-ring (bicyclic) bond motifs is 1. The van der Waals surface area contributed by atoms with Gasteiger partial charge in [0, 0.05) is 29.7 Å². The van der Waals surface area contributed by atoms with E-state index in [1.807, 2.05) is 24.3 Å². The molecule has 0 saturated heterocycles. The molecule has 0 radical (unpaired) electrons. The highest BCUT2D eigenvalue weighted by molar-refractivity contribution is 5.99. The molecule has 9 nitrogen and oxygen atoms in total. The van der Waals surface area contributed by atoms with E-state index in [0.717, 1.165) is 24.3 Å². The summed E-state index contributed by atoms with van der Waals surface area (Å²) < 4.78 is 0. The summed E-state index contributed by atoms with van der Waals surface area (Å²) in [7, 11) is 0. The first-order valence-electron chi connectivity index (χ1n) is 12.0. The third-order valence-electron chi connectivity index (χ3n) is 5.98. The van der Waals surface area contributed by atoms with Crippen LogP contribution in [0.5, 0.6) is 0 Å². The summed E-state index contributed by atoms with van der Waals surface area (Å²) >= 11 is 0. The summed E-state index contributed by atoms with van der Waals surface area (Å²) in [5.74, 6) is -1.07. The molecule has 0 aliphatic carbocycles. The molecular formula is C28H28N6O3. The average Bonchev–Trinajstić information content (AvgIpc) is 2.94. The first-order valence-corrected chi connectivity index (χ1v) is 12.0. The van der Waals surface area contributed by atoms with Gasteiger partial charge in [-0.2, -0.15) is 10.2 Å². The Morgan fingerprint density at radius 3 is 2.27 bits per heavy atom. The maximum Gasteiger partial charge on any atom is 0.272 e. The minimum absolute atomic E-state index is 0.204. The molecule has 0 aliphatic rings. The number of benzene rings is 3. The second-order valence-corrected chi connectivity index (χ2v) is 8.25. The van der Waals surface area contributed by atoms with Crippen molar-refractivity contribution in [3.63, 3.8) is 0 Å². The second kappa shape index (κ2) is 11.8. The van der Waals surface area contributed by atoms with Crippen LogP contribution in [0, 0.1) is 0 Å². The van der Waals surface area contributed by atoms with Gasteiger partial charge in [-0.15, -0.1) is 0 Å². The first-order chi connectivity index (χ1) is 18.0. The second-order valence-electron chi connectivity index (χ2n) is 8.25. The number of nitrogens with zero attached hydrogens (tertiary/aromatic N) is 3. The topological polar surface area (TPSA) is 120 Å². The smallest absolute Gasteiger partial charge is 0.272 e. The highest BCUT2D eigenvalue weighted by Crippen LogP contribution is 2.20. The summed E-state index contributed by atoms with van der Waals surface area (Å²) in [5, 5.41) is 14.2. The molecule has 1 aromatic heterocycles. The Hall–Kier alpha value is -4.79. The Morgan fingerprint density at radius 1 is 0.946 bits per heavy atom. The molecule has 0 bridgehead atoms. The van der Waals surface area contributed by atoms with Crippen LogP contribution in [-0.4, -0.2) is 41.3 Å². The largest absolute Gasteiger partial charge is 0.372 e. The molecule has 0 unspecified atom stereocenters. The zero-order valence-electron chi connectivity index (χ0n) is 20.6. The molecule has 1 atom stereocenters. The van der Waals surface area contributed by atoms with Gasteiger partial charge in [0.05, 0.1) is 11.6 Å². The molecular weight excluding hydrogens is 468 g/mol. The van der Waals surface area contributed by atoms with Crippen LogP contribution in [-0.2, 0) is 4.79 Å². The average molecular weight is 497 g/mol. The van der Waals surface area contributed by atoms with E-state index in [2.05, 4.69) is 44.8 Å². The summed E-state index contributed by atoms with van der Waals surface area (Å²) in [4.78, 5) is 40.7. The third-order valence-corrected chi connectivity index (χ3v) is 5.98. The van der Waals surface area contributed by atoms with Crippen molar-refractivity contribution in [1.82, 2.24) is 20.9 Å². The van der Waals surface area contributed by atoms with Crippen LogP contribution in [0.25, 0.3) is 10.8 Å². The Morgan fingerprint density at radius 2 is 1.59 bits per heavy atom. The van der Waals surface area contributed by atoms with E-state index in [1.54, 1.807) is 54.6 Å². The zero-order valence-corrected chi connectivity index (χ0v) is 20.6. The number of nitrogens with one attached hydrogen (secondary N) is 3. The van der Waals surface area contributed by atoms with E-state index in [-0.39, 0.29) is 11.3 Å². The molecule has 37 heavy (non-hydrogen) atoms. The van der Waals surface area contributed by atoms with Crippen LogP contribution >= 0.6 is 0 Å². The Kier molecular flexibility index (Phi) is 8.05. The van der Waals surface area contributed by atoms with Crippen molar-refractivity contribution in [2.75, 3.05) is 18.0 Å². The van der Waals surface area contributed by atoms with Crippen molar-refractivity contribution in [2.24, 2.45) is 5.10 Å². The van der Waals surface area contributed by atoms with Crippen LogP contribution in [0.3, 0.4) is 0 Å². The fourth-order valence-corrected chi connectivity index (χ4v) is 4.01. The van der Waals surface area contributed by atoms with Crippen LogP contribution in [0.1, 0.15) is 41.5 Å². The lowest BCUT2D eigenvalue weighted by Gasteiger charge is -2.20. The quantitative estimate of drug-likeness (QED) is 0.242. The number of hydrogen-bond acceptors (Lipinski definition) is 6. The maximum atomic E-state index is 13.3. The number of carbonyl (C=O) groups is 2. The number of aromatic amines is 1. The van der Waals surface area contributed by atoms with Crippen LogP contribution in [0.4, 0.5) is 5.69 Å². The number of rotatable bonds is 9. The molecule has 0 spiro atoms. The van der Waals surface area contributed by atoms with Gasteiger partial charge in [0.1, 0.15) is 5.69 Å². The van der Waals surface area contributed by atoms with Gasteiger partial charge in [-0.1, -0.05) is 48.5 Å². The number of hydrazone groups is 1. The fraction of sp³-hybridized carbons (Fsp3) is 0.179. The molecule has 188 valence electrons. The van der Waals surface area contributed by atoms with Crippen molar-refractivity contribution in [3.05, 3.63) is 106 Å². The summed E-state index contributed by atoms with van der Waals surface area (Å²) in [5.41, 5.74) is 4.60. The first kappa shape index (κ1) is 25.3. The zero-order chi connectivity index (χ0) is 26.2. The number of anilines is 1. The monoisotopic (exact) mass is 496 g/mol. The number of hydrogen-bond donors (Lipinski definition) is 3. The van der Waals surface area contributed by atoms with E-state index in [9.17, 15) is 14.4 Å². The third kappa shape index (κ3) is 5.90. The summed E-state index contributed by atoms with van der Waals surface area (Å²) in [6.07, 6.45) is 1.53. The molecule has 4 aromatic rings. The van der Waals surface area contributed by atoms with E-state index < -0.39 is 17.9 Å². The van der Waals surface area contributed by atoms with Crippen LogP contribution in [0.15, 0.2) is 88.8 Å². The van der Waals surface area contributed by atoms with Crippen molar-refractivity contribution >= 4 is 34.5 Å². The highest BCUT2D eigenvalue weighted by atomic mass is 16.2. The normalized spacial score (nSPS) is 11.8. The predicted molar refractivity (Wildman–Crippen MR) is 145 cm³/mol. The van der Waals surface area contributed by atoms with Gasteiger partial charge in [-0.3, -0.25) is 14.4 Å². The number of carbonyl (C=O) groups excluding carboxylic acids is 2. The van der Waals surface area contributed by atoms with Crippen molar-refractivity contribution in [3.8, 4) is 0 Å². The lowest BCUT2D eigenvalue weighted by Crippen LogP contribution is -2.40. The van der Waals surface area contributed by atoms with Crippen molar-refractivity contribution < 1.29 is 9.59 Å². The number of amides is 2. The molecule has 4 rings (SSSR count). The predicted octanol–water partition coefficient (Wildman–Crippen LogP) is 3.39. The van der Waals surface area contributed by atoms with Crippen LogP contribution in [0.2, 0.25) is 0 Å². The van der Waals surface area contributed by atoms with Gasteiger partial charge >= 0.3 is 0 Å². The molecule has 3 aromatic carbocycles. The van der Waals surface area contributed by atoms with E-state index in [0.29, 0.717) is 16.3 Å². The van der Waals surface area contributed by atoms with Crippen molar-refractivity contribution in [2.45, 2.75) is 19.9 Å². The van der Waals surface area contributed by atoms with Crippen molar-refractivity contribution in [1.29, 1.82) is 0 Å². The fourth-order valence-electron chi connectivity index (χ4n) is 4.01. The maximum absolute atomic E-state index is 13.3. The molecule has 3 N–H and O–H groups in total. The molecule has 0 fully saturated rings.